The van der Waals surface area contributed by atoms with E-state index in [1.54, 1.807) is 0 Å². The molecule has 12 heavy (non-hydrogen) atoms. The fraction of sp³-hybridized carbons (Fsp3) is 0.833. The monoisotopic (exact) mass is 202 g/mol. The third kappa shape index (κ3) is 2.89. The lowest BCUT2D eigenvalue weighted by atomic mass is 9.98. The molecule has 2 nitrogen and oxygen atoms in total. The van der Waals surface area contributed by atoms with Crippen LogP contribution in [0.1, 0.15) is 12.8 Å². The normalized spacial score (nSPS) is 24.2. The van der Waals surface area contributed by atoms with Gasteiger partial charge in [0.25, 0.3) is 0 Å². The average molecular weight is 203 g/mol. The molecule has 2 N–H and O–H groups in total. The molecule has 0 spiro atoms. The molecule has 0 aromatic heterocycles. The number of hydrogen-bond donors (Lipinski definition) is 1. The number of aliphatic imine (C=N–C) groups is 1. The highest BCUT2D eigenvalue weighted by Crippen LogP contribution is 2.32. The lowest BCUT2D eigenvalue weighted by Crippen LogP contribution is -2.32. The number of hydrogen-bond acceptors (Lipinski definition) is 2. The molecule has 0 aromatic rings. The van der Waals surface area contributed by atoms with Crippen LogP contribution in [0.15, 0.2) is 4.99 Å². The Kier molecular flexibility index (Phi) is 3.83. The van der Waals surface area contributed by atoms with Crippen LogP contribution >= 0.6 is 12.4 Å². The maximum Gasteiger partial charge on any atom is 0.392 e. The maximum absolute atomic E-state index is 12.0. The Morgan fingerprint density at radius 3 is 2.33 bits per heavy atom. The van der Waals surface area contributed by atoms with Crippen LogP contribution in [0.3, 0.4) is 0 Å². The first-order valence-corrected chi connectivity index (χ1v) is 3.35. The summed E-state index contributed by atoms with van der Waals surface area (Å²) in [6, 6.07) is 0. The Balaban J connectivity index is 0.00000121. The molecular formula is C6H10ClF3N2. The second-order valence-electron chi connectivity index (χ2n) is 2.60. The van der Waals surface area contributed by atoms with Crippen molar-refractivity contribution in [3.8, 4) is 0 Å². The minimum absolute atomic E-state index is 0. The van der Waals surface area contributed by atoms with Crippen molar-refractivity contribution in [2.45, 2.75) is 19.0 Å². The van der Waals surface area contributed by atoms with Gasteiger partial charge in [-0.1, -0.05) is 0 Å². The second kappa shape index (κ2) is 3.98. The van der Waals surface area contributed by atoms with Crippen LogP contribution in [-0.2, 0) is 0 Å². The number of rotatable bonds is 0. The molecule has 0 saturated heterocycles. The highest BCUT2D eigenvalue weighted by Gasteiger charge is 2.40. The smallest absolute Gasteiger partial charge is 0.387 e. The summed E-state index contributed by atoms with van der Waals surface area (Å²) in [7, 11) is 0. The molecule has 1 heterocycles. The van der Waals surface area contributed by atoms with Gasteiger partial charge in [-0.2, -0.15) is 13.2 Å². The first-order valence-electron chi connectivity index (χ1n) is 3.35. The maximum atomic E-state index is 12.0. The van der Waals surface area contributed by atoms with E-state index in [0.29, 0.717) is 0 Å². The number of nitrogens with two attached hydrogens (primary N) is 1. The molecule has 0 aromatic carbocycles. The Hall–Kier alpha value is -0.450. The largest absolute Gasteiger partial charge is 0.392 e. The van der Waals surface area contributed by atoms with E-state index >= 15 is 0 Å². The zero-order valence-electron chi connectivity index (χ0n) is 6.27. The molecule has 0 saturated carbocycles. The summed E-state index contributed by atoms with van der Waals surface area (Å²) >= 11 is 0. The minimum atomic E-state index is -4.11. The molecular weight excluding hydrogens is 193 g/mol. The van der Waals surface area contributed by atoms with Gasteiger partial charge in [0, 0.05) is 13.0 Å². The molecule has 0 bridgehead atoms. The van der Waals surface area contributed by atoms with E-state index < -0.39 is 12.1 Å². The SMILES string of the molecule is Cl.NC1=NCCC(C(F)(F)F)C1. The number of alkyl halides is 3. The summed E-state index contributed by atoms with van der Waals surface area (Å²) in [6.07, 6.45) is -4.17. The average Bonchev–Trinajstić information content (AvgIpc) is 1.86. The van der Waals surface area contributed by atoms with E-state index in [1.807, 2.05) is 0 Å². The van der Waals surface area contributed by atoms with E-state index in [2.05, 4.69) is 4.99 Å². The van der Waals surface area contributed by atoms with Crippen LogP contribution in [0.4, 0.5) is 13.2 Å². The molecule has 0 amide bonds. The number of amidine groups is 1. The van der Waals surface area contributed by atoms with Crippen LogP contribution in [0.2, 0.25) is 0 Å². The van der Waals surface area contributed by atoms with Gasteiger partial charge in [-0.15, -0.1) is 12.4 Å². The van der Waals surface area contributed by atoms with Crippen molar-refractivity contribution >= 4 is 18.2 Å². The van der Waals surface area contributed by atoms with Gasteiger partial charge in [-0.05, 0) is 6.42 Å². The van der Waals surface area contributed by atoms with Gasteiger partial charge in [0.15, 0.2) is 0 Å². The highest BCUT2D eigenvalue weighted by molar-refractivity contribution is 5.85. The van der Waals surface area contributed by atoms with Gasteiger partial charge in [0.05, 0.1) is 11.8 Å². The lowest BCUT2D eigenvalue weighted by molar-refractivity contribution is -0.174. The molecule has 1 aliphatic rings. The van der Waals surface area contributed by atoms with Crippen LogP contribution in [0.5, 0.6) is 0 Å². The van der Waals surface area contributed by atoms with Gasteiger partial charge in [0.2, 0.25) is 0 Å². The Bertz CT molecular complexity index is 178. The Morgan fingerprint density at radius 1 is 1.42 bits per heavy atom. The predicted octanol–water partition coefficient (Wildman–Crippen LogP) is 1.74. The first-order chi connectivity index (χ1) is 5.00. The summed E-state index contributed by atoms with van der Waals surface area (Å²) in [6.45, 7) is 0.204. The van der Waals surface area contributed by atoms with Gasteiger partial charge >= 0.3 is 6.18 Å². The molecule has 0 aliphatic carbocycles. The molecule has 1 aliphatic heterocycles. The van der Waals surface area contributed by atoms with Crippen LogP contribution in [0, 0.1) is 5.92 Å². The Morgan fingerprint density at radius 2 is 2.00 bits per heavy atom. The fourth-order valence-electron chi connectivity index (χ4n) is 1.06. The third-order valence-electron chi connectivity index (χ3n) is 1.71. The topological polar surface area (TPSA) is 38.4 Å². The molecule has 6 heteroatoms. The van der Waals surface area contributed by atoms with E-state index in [4.69, 9.17) is 5.73 Å². The van der Waals surface area contributed by atoms with Crippen molar-refractivity contribution in [3.05, 3.63) is 0 Å². The molecule has 1 unspecified atom stereocenters. The van der Waals surface area contributed by atoms with Gasteiger partial charge in [0.1, 0.15) is 0 Å². The summed E-state index contributed by atoms with van der Waals surface area (Å²) in [5, 5.41) is 0. The van der Waals surface area contributed by atoms with Crippen LogP contribution < -0.4 is 5.73 Å². The van der Waals surface area contributed by atoms with Crippen molar-refractivity contribution in [2.24, 2.45) is 16.6 Å². The standard InChI is InChI=1S/C6H9F3N2.ClH/c7-6(8,9)4-1-2-11-5(10)3-4;/h4H,1-3H2,(H2,10,11);1H. The van der Waals surface area contributed by atoms with E-state index in [-0.39, 0.29) is 37.6 Å². The van der Waals surface area contributed by atoms with Crippen LogP contribution in [0.25, 0.3) is 0 Å². The summed E-state index contributed by atoms with van der Waals surface area (Å²) in [5.41, 5.74) is 5.17. The molecule has 1 rings (SSSR count). The van der Waals surface area contributed by atoms with Crippen molar-refractivity contribution < 1.29 is 13.2 Å². The first kappa shape index (κ1) is 11.6. The molecule has 72 valence electrons. The lowest BCUT2D eigenvalue weighted by Gasteiger charge is -2.22. The summed E-state index contributed by atoms with van der Waals surface area (Å²) < 4.78 is 36.0. The van der Waals surface area contributed by atoms with Gasteiger partial charge in [-0.3, -0.25) is 4.99 Å². The molecule has 0 fully saturated rings. The highest BCUT2D eigenvalue weighted by atomic mass is 35.5. The summed E-state index contributed by atoms with van der Waals surface area (Å²) in [4.78, 5) is 3.69. The molecule has 0 radical (unpaired) electrons. The Labute approximate surface area is 74.4 Å². The van der Waals surface area contributed by atoms with E-state index in [0.717, 1.165) is 0 Å². The zero-order chi connectivity index (χ0) is 8.48. The van der Waals surface area contributed by atoms with E-state index in [9.17, 15) is 13.2 Å². The quantitative estimate of drug-likeness (QED) is 0.639. The number of nitrogens with zero attached hydrogens (tertiary/aromatic N) is 1. The zero-order valence-corrected chi connectivity index (χ0v) is 7.08. The summed E-state index contributed by atoms with van der Waals surface area (Å²) in [5.74, 6) is -1.15. The number of halogens is 4. The van der Waals surface area contributed by atoms with Crippen molar-refractivity contribution in [1.29, 1.82) is 0 Å². The van der Waals surface area contributed by atoms with Crippen molar-refractivity contribution in [2.75, 3.05) is 6.54 Å². The van der Waals surface area contributed by atoms with Crippen molar-refractivity contribution in [3.63, 3.8) is 0 Å². The van der Waals surface area contributed by atoms with Crippen LogP contribution in [-0.4, -0.2) is 18.6 Å². The van der Waals surface area contributed by atoms with Gasteiger partial charge in [-0.25, -0.2) is 0 Å². The second-order valence-corrected chi connectivity index (χ2v) is 2.60. The third-order valence-corrected chi connectivity index (χ3v) is 1.71. The molecule has 1 atom stereocenters. The van der Waals surface area contributed by atoms with Gasteiger partial charge < -0.3 is 5.73 Å². The minimum Gasteiger partial charge on any atom is -0.387 e. The fourth-order valence-corrected chi connectivity index (χ4v) is 1.06. The predicted molar refractivity (Wildman–Crippen MR) is 42.5 cm³/mol. The van der Waals surface area contributed by atoms with Crippen molar-refractivity contribution in [1.82, 2.24) is 0 Å². The van der Waals surface area contributed by atoms with E-state index in [1.165, 1.54) is 0 Å².